The van der Waals surface area contributed by atoms with Crippen molar-refractivity contribution in [2.24, 2.45) is 0 Å². The molecule has 6 rings (SSSR count). The minimum atomic E-state index is -1.56. The number of rotatable bonds is 9. The van der Waals surface area contributed by atoms with E-state index in [1.165, 1.54) is 0 Å². The zero-order valence-corrected chi connectivity index (χ0v) is 23.4. The number of esters is 1. The predicted octanol–water partition coefficient (Wildman–Crippen LogP) is 0.241. The molecular formula is C28H33N3O10S. The van der Waals surface area contributed by atoms with Gasteiger partial charge in [-0.25, -0.2) is 9.69 Å². The summed E-state index contributed by atoms with van der Waals surface area (Å²) in [6.45, 7) is 0.129. The number of aliphatic hydroxyl groups is 2. The number of carbonyl (C=O) groups is 4. The Morgan fingerprint density at radius 3 is 2.55 bits per heavy atom. The van der Waals surface area contributed by atoms with Crippen molar-refractivity contribution in [3.63, 3.8) is 0 Å². The summed E-state index contributed by atoms with van der Waals surface area (Å²) < 4.78 is 22.9. The zero-order chi connectivity index (χ0) is 29.4. The first-order chi connectivity index (χ1) is 20.3. The number of hydrogen-bond donors (Lipinski definition) is 4. The number of fused-ring (bicyclic) bond motifs is 2. The molecule has 0 spiro atoms. The van der Waals surface area contributed by atoms with Gasteiger partial charge in [0.15, 0.2) is 12.5 Å². The number of unbranched alkanes of at least 4 members (excludes halogenated alkanes) is 1. The van der Waals surface area contributed by atoms with Crippen molar-refractivity contribution in [1.82, 2.24) is 15.5 Å². The maximum Gasteiger partial charge on any atom is 0.315 e. The fraction of sp³-hybridized carbons (Fsp3) is 0.571. The van der Waals surface area contributed by atoms with Crippen LogP contribution in [-0.4, -0.2) is 99.3 Å². The van der Waals surface area contributed by atoms with Crippen molar-refractivity contribution in [2.75, 3.05) is 12.4 Å². The molecule has 5 heterocycles. The average molecular weight is 612 g/mol. The highest BCUT2D eigenvalue weighted by molar-refractivity contribution is 8.00. The van der Waals surface area contributed by atoms with Gasteiger partial charge in [-0.3, -0.25) is 14.4 Å². The largest absolute Gasteiger partial charge is 0.461 e. The summed E-state index contributed by atoms with van der Waals surface area (Å²) in [5, 5.41) is 27.6. The quantitative estimate of drug-likeness (QED) is 0.0991. The third kappa shape index (κ3) is 5.92. The number of nitrogens with zero attached hydrogens (tertiary/aromatic N) is 1. The molecule has 226 valence electrons. The molecule has 0 aliphatic carbocycles. The van der Waals surface area contributed by atoms with E-state index >= 15 is 0 Å². The summed E-state index contributed by atoms with van der Waals surface area (Å²) in [5.41, 5.74) is 1.44. The van der Waals surface area contributed by atoms with Crippen molar-refractivity contribution in [3.8, 4) is 0 Å². The number of amides is 4. The Kier molecular flexibility index (Phi) is 8.52. The Morgan fingerprint density at radius 1 is 1.02 bits per heavy atom. The summed E-state index contributed by atoms with van der Waals surface area (Å²) in [4.78, 5) is 48.6. The van der Waals surface area contributed by atoms with Crippen molar-refractivity contribution in [1.29, 1.82) is 0 Å². The smallest absolute Gasteiger partial charge is 0.315 e. The number of benzene rings is 1. The van der Waals surface area contributed by atoms with E-state index in [0.717, 1.165) is 47.6 Å². The van der Waals surface area contributed by atoms with Gasteiger partial charge in [-0.1, -0.05) is 30.7 Å². The second-order valence-electron chi connectivity index (χ2n) is 11.0. The van der Waals surface area contributed by atoms with E-state index in [9.17, 15) is 29.4 Å². The van der Waals surface area contributed by atoms with Crippen LogP contribution in [0.5, 0.6) is 0 Å². The van der Waals surface area contributed by atoms with Gasteiger partial charge in [0.05, 0.1) is 18.7 Å². The van der Waals surface area contributed by atoms with Gasteiger partial charge in [-0.2, -0.15) is 11.8 Å². The molecule has 2 unspecified atom stereocenters. The number of aliphatic hydroxyl groups excluding tert-OH is 2. The molecule has 0 radical (unpaired) electrons. The first-order valence-electron chi connectivity index (χ1n) is 14.1. The van der Waals surface area contributed by atoms with Crippen molar-refractivity contribution < 1.29 is 48.3 Å². The SMILES string of the molecule is O=C1N[C@H]2[C@H](CS[C@H]2CCCCC(=O)OCc2ccc(C3O[13CH2][13C@H]4O[13C@@H](N5C(=O)[13CH]=[13CH]C5=O)[13C@H](O)[13C@@H](O)[13CH]4O3)cc2)N1. The van der Waals surface area contributed by atoms with Crippen LogP contribution in [0.25, 0.3) is 0 Å². The first kappa shape index (κ1) is 29.1. The number of ether oxygens (including phenoxy) is 4. The monoisotopic (exact) mass is 611 g/mol. The average Bonchev–Trinajstić information content (AvgIpc) is 3.65. The van der Waals surface area contributed by atoms with Crippen LogP contribution in [0.2, 0.25) is 0 Å². The fourth-order valence-electron chi connectivity index (χ4n) is 5.90. The van der Waals surface area contributed by atoms with Crippen molar-refractivity contribution in [2.45, 2.75) is 86.6 Å². The van der Waals surface area contributed by atoms with E-state index in [2.05, 4.69) is 10.6 Å². The predicted molar refractivity (Wildman–Crippen MR) is 145 cm³/mol. The summed E-state index contributed by atoms with van der Waals surface area (Å²) in [6, 6.07) is 7.37. The Balaban J connectivity index is 0.931. The number of nitrogens with one attached hydrogen (secondary N) is 2. The molecule has 5 aliphatic rings. The van der Waals surface area contributed by atoms with Crippen LogP contribution in [-0.2, 0) is 39.9 Å². The summed E-state index contributed by atoms with van der Waals surface area (Å²) in [6.07, 6.45) is -1.91. The zero-order valence-electron chi connectivity index (χ0n) is 22.6. The third-order valence-electron chi connectivity index (χ3n) is 8.16. The van der Waals surface area contributed by atoms with Crippen LogP contribution in [0.1, 0.15) is 43.1 Å². The molecule has 4 amide bonds. The lowest BCUT2D eigenvalue weighted by molar-refractivity contribution is -0.338. The number of imide groups is 1. The minimum absolute atomic E-state index is 0.00479. The standard InChI is InChI=1S/C28H33N3O10S/c32-19-9-10-20(33)31(19)26-24(36)23(35)25-17(40-26)12-39-27(41-25)15-7-5-14(6-8-15)11-38-21(34)4-2-1-3-18-22-16(13-42-18)29-28(37)30-22/h5-10,16-18,22-27,35-36H,1-4,11-13H2,(H2,29,30,37)/t16-,17+,18-,22-,23+,24+,25?,26+,27?/m0/s1/i9+1,10+1,12+1,17+1,23+1,24+1,25+1,26+1. The van der Waals surface area contributed by atoms with Crippen LogP contribution in [0.4, 0.5) is 4.79 Å². The lowest BCUT2D eigenvalue weighted by Gasteiger charge is -2.47. The molecule has 0 saturated carbocycles. The highest BCUT2D eigenvalue weighted by atomic mass is 32.2. The Hall–Kier alpha value is -3.01. The molecule has 1 aromatic carbocycles. The third-order valence-corrected chi connectivity index (χ3v) is 9.67. The molecule has 9 atom stereocenters. The van der Waals surface area contributed by atoms with Gasteiger partial charge in [-0.05, 0) is 18.4 Å². The number of carbonyl (C=O) groups excluding carboxylic acids is 4. The lowest BCUT2D eigenvalue weighted by Crippen LogP contribution is -2.66. The van der Waals surface area contributed by atoms with E-state index in [1.807, 2.05) is 11.8 Å². The van der Waals surface area contributed by atoms with Crippen LogP contribution in [0, 0.1) is 0 Å². The molecule has 4 N–H and O–H groups in total. The van der Waals surface area contributed by atoms with Crippen LogP contribution in [0.3, 0.4) is 0 Å². The van der Waals surface area contributed by atoms with E-state index in [1.54, 1.807) is 24.3 Å². The minimum Gasteiger partial charge on any atom is -0.461 e. The van der Waals surface area contributed by atoms with Gasteiger partial charge < -0.3 is 39.8 Å². The van der Waals surface area contributed by atoms with Crippen LogP contribution in [0.15, 0.2) is 36.4 Å². The Bertz CT molecular complexity index is 1220. The number of urea groups is 1. The molecule has 1 aromatic rings. The molecular weight excluding hydrogens is 578 g/mol. The van der Waals surface area contributed by atoms with Crippen molar-refractivity contribution in [3.05, 3.63) is 47.5 Å². The van der Waals surface area contributed by atoms with Crippen molar-refractivity contribution >= 4 is 35.6 Å². The molecule has 0 aromatic heterocycles. The molecule has 42 heavy (non-hydrogen) atoms. The summed E-state index contributed by atoms with van der Waals surface area (Å²) in [7, 11) is 0. The maximum absolute atomic E-state index is 12.3. The number of thioether (sulfide) groups is 1. The maximum atomic E-state index is 12.3. The van der Waals surface area contributed by atoms with Crippen LogP contribution >= 0.6 is 11.8 Å². The fourth-order valence-corrected chi connectivity index (χ4v) is 7.45. The summed E-state index contributed by atoms with van der Waals surface area (Å²) in [5.74, 6) is -0.621. The van der Waals surface area contributed by atoms with E-state index in [4.69, 9.17) is 18.9 Å². The molecule has 0 bridgehead atoms. The van der Waals surface area contributed by atoms with E-state index < -0.39 is 48.7 Å². The topological polar surface area (TPSA) is 173 Å². The molecule has 5 aliphatic heterocycles. The van der Waals surface area contributed by atoms with Gasteiger partial charge in [0.25, 0.3) is 11.8 Å². The normalized spacial score (nSPS) is 35.5. The Morgan fingerprint density at radius 2 is 1.79 bits per heavy atom. The molecule has 14 heteroatoms. The Labute approximate surface area is 245 Å². The second kappa shape index (κ2) is 12.3. The van der Waals surface area contributed by atoms with Gasteiger partial charge in [0.1, 0.15) is 31.0 Å². The second-order valence-corrected chi connectivity index (χ2v) is 12.2. The van der Waals surface area contributed by atoms with E-state index in [-0.39, 0.29) is 37.3 Å². The van der Waals surface area contributed by atoms with E-state index in [0.29, 0.717) is 17.2 Å². The molecule has 4 saturated heterocycles. The first-order valence-corrected chi connectivity index (χ1v) is 15.1. The molecule has 4 fully saturated rings. The van der Waals surface area contributed by atoms with Gasteiger partial charge in [0.2, 0.25) is 0 Å². The lowest BCUT2D eigenvalue weighted by atomic mass is 10.0. The number of hydrogen-bond acceptors (Lipinski definition) is 11. The summed E-state index contributed by atoms with van der Waals surface area (Å²) >= 11 is 1.86. The van der Waals surface area contributed by atoms with Crippen LogP contribution < -0.4 is 10.6 Å². The van der Waals surface area contributed by atoms with Gasteiger partial charge in [0, 0.05) is 35.1 Å². The van der Waals surface area contributed by atoms with Gasteiger partial charge >= 0.3 is 12.0 Å². The highest BCUT2D eigenvalue weighted by Gasteiger charge is 2.52. The highest BCUT2D eigenvalue weighted by Crippen LogP contribution is 2.36. The van der Waals surface area contributed by atoms with Gasteiger partial charge in [-0.15, -0.1) is 0 Å². The molecule has 13 nitrogen and oxygen atoms in total.